The number of aromatic nitrogens is 1. The lowest BCUT2D eigenvalue weighted by Crippen LogP contribution is -2.13. The summed E-state index contributed by atoms with van der Waals surface area (Å²) >= 11 is 0. The number of benzene rings is 1. The van der Waals surface area contributed by atoms with Crippen LogP contribution < -0.4 is 10.6 Å². The lowest BCUT2D eigenvalue weighted by molar-refractivity contribution is -0.141. The lowest BCUT2D eigenvalue weighted by atomic mass is 10.1. The molecule has 1 aromatic heterocycles. The van der Waals surface area contributed by atoms with Crippen LogP contribution in [0.5, 0.6) is 0 Å². The second-order valence-electron chi connectivity index (χ2n) is 5.65. The molecule has 126 valence electrons. The van der Waals surface area contributed by atoms with Gasteiger partial charge in [-0.1, -0.05) is 6.07 Å². The predicted octanol–water partition coefficient (Wildman–Crippen LogP) is 3.64. The van der Waals surface area contributed by atoms with Crippen LogP contribution in [0.15, 0.2) is 36.5 Å². The molecule has 1 amide bonds. The summed E-state index contributed by atoms with van der Waals surface area (Å²) in [6, 6.07) is 7.98. The third kappa shape index (κ3) is 3.84. The molecular formula is C17H16F3N3O. The van der Waals surface area contributed by atoms with E-state index in [0.717, 1.165) is 36.6 Å². The van der Waals surface area contributed by atoms with E-state index in [9.17, 15) is 18.0 Å². The number of rotatable bonds is 4. The van der Waals surface area contributed by atoms with Gasteiger partial charge in [0, 0.05) is 30.5 Å². The summed E-state index contributed by atoms with van der Waals surface area (Å²) in [5.41, 5.74) is 2.65. The molecule has 7 heteroatoms. The van der Waals surface area contributed by atoms with Gasteiger partial charge in [-0.3, -0.25) is 9.78 Å². The van der Waals surface area contributed by atoms with Gasteiger partial charge in [0.1, 0.15) is 5.69 Å². The molecule has 0 fully saturated rings. The monoisotopic (exact) mass is 335 g/mol. The van der Waals surface area contributed by atoms with E-state index in [-0.39, 0.29) is 12.3 Å². The quantitative estimate of drug-likeness (QED) is 0.897. The normalized spacial score (nSPS) is 13.3. The van der Waals surface area contributed by atoms with Crippen molar-refractivity contribution in [1.29, 1.82) is 0 Å². The number of fused-ring (bicyclic) bond motifs is 1. The van der Waals surface area contributed by atoms with Crippen molar-refractivity contribution in [3.8, 4) is 0 Å². The van der Waals surface area contributed by atoms with Gasteiger partial charge in [-0.15, -0.1) is 0 Å². The average Bonchev–Trinajstić information content (AvgIpc) is 3.00. The molecule has 0 atom stereocenters. The Balaban J connectivity index is 1.54. The molecule has 0 unspecified atom stereocenters. The number of anilines is 2. The molecule has 0 bridgehead atoms. The van der Waals surface area contributed by atoms with E-state index in [1.165, 1.54) is 11.6 Å². The zero-order valence-electron chi connectivity index (χ0n) is 12.8. The number of carbonyl (C=O) groups is 1. The number of nitrogens with zero attached hydrogens (tertiary/aromatic N) is 1. The number of hydrogen-bond donors (Lipinski definition) is 2. The van der Waals surface area contributed by atoms with Gasteiger partial charge >= 0.3 is 6.18 Å². The zero-order chi connectivity index (χ0) is 17.2. The Morgan fingerprint density at radius 3 is 2.79 bits per heavy atom. The number of halogens is 3. The number of alkyl halides is 3. The van der Waals surface area contributed by atoms with Crippen LogP contribution in [0.1, 0.15) is 23.2 Å². The average molecular weight is 335 g/mol. The van der Waals surface area contributed by atoms with Crippen LogP contribution in [0.2, 0.25) is 0 Å². The summed E-state index contributed by atoms with van der Waals surface area (Å²) < 4.78 is 37.3. The Hall–Kier alpha value is -2.57. The Morgan fingerprint density at radius 2 is 2.08 bits per heavy atom. The van der Waals surface area contributed by atoms with Crippen LogP contribution in [0.4, 0.5) is 24.5 Å². The fraction of sp³-hybridized carbons (Fsp3) is 0.294. The highest BCUT2D eigenvalue weighted by Gasteiger charge is 2.31. The van der Waals surface area contributed by atoms with E-state index in [1.54, 1.807) is 0 Å². The summed E-state index contributed by atoms with van der Waals surface area (Å²) in [6.45, 7) is 0.896. The van der Waals surface area contributed by atoms with Gasteiger partial charge in [0.25, 0.3) is 0 Å². The van der Waals surface area contributed by atoms with Crippen molar-refractivity contribution in [3.05, 3.63) is 53.3 Å². The van der Waals surface area contributed by atoms with Crippen LogP contribution >= 0.6 is 0 Å². The zero-order valence-corrected chi connectivity index (χ0v) is 12.8. The second-order valence-corrected chi connectivity index (χ2v) is 5.65. The topological polar surface area (TPSA) is 54.0 Å². The molecule has 0 spiro atoms. The van der Waals surface area contributed by atoms with E-state index in [4.69, 9.17) is 0 Å². The van der Waals surface area contributed by atoms with E-state index in [0.29, 0.717) is 12.0 Å². The largest absolute Gasteiger partial charge is 0.433 e. The van der Waals surface area contributed by atoms with Gasteiger partial charge in [-0.2, -0.15) is 13.2 Å². The molecule has 0 aliphatic carbocycles. The van der Waals surface area contributed by atoms with Crippen LogP contribution in [0.3, 0.4) is 0 Å². The van der Waals surface area contributed by atoms with Crippen LogP contribution in [0.25, 0.3) is 0 Å². The molecule has 0 radical (unpaired) electrons. The smallest absolute Gasteiger partial charge is 0.384 e. The molecule has 1 aliphatic rings. The highest BCUT2D eigenvalue weighted by atomic mass is 19.4. The van der Waals surface area contributed by atoms with E-state index in [1.807, 2.05) is 18.2 Å². The molecule has 4 nitrogen and oxygen atoms in total. The highest BCUT2D eigenvalue weighted by molar-refractivity contribution is 5.91. The minimum absolute atomic E-state index is 0.180. The molecule has 0 saturated carbocycles. The molecule has 0 saturated heterocycles. The fourth-order valence-corrected chi connectivity index (χ4v) is 2.60. The standard InChI is InChI=1S/C17H16F3N3O/c18-17(19,20)15-5-1-11(10-22-15)2-6-16(24)23-13-3-4-14-12(9-13)7-8-21-14/h1,3-5,9-10,21H,2,6-8H2,(H,23,24). The number of amides is 1. The Kier molecular flexibility index (Phi) is 4.42. The van der Waals surface area contributed by atoms with Gasteiger partial charge in [-0.25, -0.2) is 0 Å². The van der Waals surface area contributed by atoms with E-state index in [2.05, 4.69) is 15.6 Å². The van der Waals surface area contributed by atoms with Crippen molar-refractivity contribution >= 4 is 17.3 Å². The van der Waals surface area contributed by atoms with Gasteiger partial charge in [-0.05, 0) is 48.2 Å². The summed E-state index contributed by atoms with van der Waals surface area (Å²) in [5, 5.41) is 6.05. The Morgan fingerprint density at radius 1 is 1.25 bits per heavy atom. The fourth-order valence-electron chi connectivity index (χ4n) is 2.60. The first-order chi connectivity index (χ1) is 11.4. The van der Waals surface area contributed by atoms with Crippen molar-refractivity contribution < 1.29 is 18.0 Å². The molecule has 2 heterocycles. The minimum atomic E-state index is -4.45. The van der Waals surface area contributed by atoms with Crippen molar-refractivity contribution in [2.24, 2.45) is 0 Å². The highest BCUT2D eigenvalue weighted by Crippen LogP contribution is 2.27. The van der Waals surface area contributed by atoms with Crippen molar-refractivity contribution in [3.63, 3.8) is 0 Å². The number of hydrogen-bond acceptors (Lipinski definition) is 3. The maximum absolute atomic E-state index is 12.4. The molecule has 24 heavy (non-hydrogen) atoms. The van der Waals surface area contributed by atoms with Crippen LogP contribution in [-0.2, 0) is 23.8 Å². The molecule has 1 aliphatic heterocycles. The maximum Gasteiger partial charge on any atom is 0.433 e. The summed E-state index contributed by atoms with van der Waals surface area (Å²) in [7, 11) is 0. The SMILES string of the molecule is O=C(CCc1ccc(C(F)(F)F)nc1)Nc1ccc2c(c1)CCN2. The first-order valence-electron chi connectivity index (χ1n) is 7.60. The summed E-state index contributed by atoms with van der Waals surface area (Å²) in [5.74, 6) is -0.180. The molecule has 2 aromatic rings. The van der Waals surface area contributed by atoms with Gasteiger partial charge in [0.05, 0.1) is 0 Å². The predicted molar refractivity (Wildman–Crippen MR) is 84.8 cm³/mol. The van der Waals surface area contributed by atoms with Crippen molar-refractivity contribution in [2.45, 2.75) is 25.4 Å². The number of pyridine rings is 1. The molecule has 1 aromatic carbocycles. The first-order valence-corrected chi connectivity index (χ1v) is 7.60. The second kappa shape index (κ2) is 6.51. The number of carbonyl (C=O) groups excluding carboxylic acids is 1. The number of nitrogens with one attached hydrogen (secondary N) is 2. The van der Waals surface area contributed by atoms with Crippen molar-refractivity contribution in [1.82, 2.24) is 4.98 Å². The lowest BCUT2D eigenvalue weighted by Gasteiger charge is -2.08. The molecule has 2 N–H and O–H groups in total. The minimum Gasteiger partial charge on any atom is -0.384 e. The summed E-state index contributed by atoms with van der Waals surface area (Å²) in [4.78, 5) is 15.4. The Bertz CT molecular complexity index is 742. The van der Waals surface area contributed by atoms with Crippen LogP contribution in [-0.4, -0.2) is 17.4 Å². The third-order valence-electron chi connectivity index (χ3n) is 3.85. The molecule has 3 rings (SSSR count). The van der Waals surface area contributed by atoms with Gasteiger partial charge in [0.15, 0.2) is 0 Å². The van der Waals surface area contributed by atoms with Gasteiger partial charge < -0.3 is 10.6 Å². The maximum atomic E-state index is 12.4. The van der Waals surface area contributed by atoms with E-state index >= 15 is 0 Å². The van der Waals surface area contributed by atoms with Gasteiger partial charge in [0.2, 0.25) is 5.91 Å². The molecular weight excluding hydrogens is 319 g/mol. The third-order valence-corrected chi connectivity index (χ3v) is 3.85. The first kappa shape index (κ1) is 16.3. The Labute approximate surface area is 137 Å². The number of aryl methyl sites for hydroxylation is 1. The van der Waals surface area contributed by atoms with Crippen LogP contribution in [0, 0.1) is 0 Å². The summed E-state index contributed by atoms with van der Waals surface area (Å²) in [6.07, 6.45) is -1.84. The van der Waals surface area contributed by atoms with E-state index < -0.39 is 11.9 Å². The van der Waals surface area contributed by atoms with Crippen molar-refractivity contribution in [2.75, 3.05) is 17.2 Å².